The number of morpholine rings is 1. The molecule has 0 aliphatic carbocycles. The summed E-state index contributed by atoms with van der Waals surface area (Å²) in [6.07, 6.45) is -5.08. The smallest absolute Gasteiger partial charge is 0.490 e. The Hall–Kier alpha value is -3.76. The van der Waals surface area contributed by atoms with E-state index in [0.717, 1.165) is 31.9 Å². The fourth-order valence-corrected chi connectivity index (χ4v) is 5.15. The highest BCUT2D eigenvalue weighted by Gasteiger charge is 2.38. The van der Waals surface area contributed by atoms with Gasteiger partial charge < -0.3 is 34.4 Å². The Morgan fingerprint density at radius 3 is 2.15 bits per heavy atom. The first-order valence-electron chi connectivity index (χ1n) is 12.4. The number of carbonyl (C=O) groups is 2. The Balaban J connectivity index is 0.000000587. The van der Waals surface area contributed by atoms with Crippen LogP contribution in [-0.4, -0.2) is 103 Å². The van der Waals surface area contributed by atoms with Gasteiger partial charge in [0, 0.05) is 50.9 Å². The van der Waals surface area contributed by atoms with E-state index in [0.29, 0.717) is 49.1 Å². The number of anilines is 2. The molecule has 0 bridgehead atoms. The lowest BCUT2D eigenvalue weighted by Crippen LogP contribution is -2.44. The van der Waals surface area contributed by atoms with Crippen LogP contribution in [0.3, 0.4) is 0 Å². The van der Waals surface area contributed by atoms with Gasteiger partial charge in [-0.3, -0.25) is 9.52 Å². The summed E-state index contributed by atoms with van der Waals surface area (Å²) in [6.45, 7) is 5.01. The number of methoxy groups -OCH3 is 2. The minimum Gasteiger partial charge on any atom is -0.493 e. The second kappa shape index (κ2) is 13.7. The minimum atomic E-state index is -5.08. The summed E-state index contributed by atoms with van der Waals surface area (Å²) < 4.78 is 76.9. The fraction of sp³-hybridized carbons (Fsp3) is 0.440. The molecule has 0 radical (unpaired) electrons. The van der Waals surface area contributed by atoms with E-state index < -0.39 is 22.2 Å². The number of carbonyl (C=O) groups excluding carboxylic acids is 1. The lowest BCUT2D eigenvalue weighted by Gasteiger charge is -2.32. The first-order valence-corrected chi connectivity index (χ1v) is 13.9. The molecule has 2 heterocycles. The molecular formula is C25H31F3N4O8S. The largest absolute Gasteiger partial charge is 0.493 e. The van der Waals surface area contributed by atoms with E-state index in [-0.39, 0.29) is 10.8 Å². The number of hydrogen-bond acceptors (Lipinski definition) is 9. The molecule has 2 fully saturated rings. The van der Waals surface area contributed by atoms with Gasteiger partial charge in [0.1, 0.15) is 0 Å². The summed E-state index contributed by atoms with van der Waals surface area (Å²) >= 11 is 0. The van der Waals surface area contributed by atoms with Crippen molar-refractivity contribution in [2.75, 3.05) is 76.3 Å². The number of carboxylic acid groups (broad SMARTS) is 1. The Morgan fingerprint density at radius 2 is 1.59 bits per heavy atom. The van der Waals surface area contributed by atoms with Gasteiger partial charge in [0.2, 0.25) is 0 Å². The molecule has 12 nitrogen and oxygen atoms in total. The number of hydrogen-bond donors (Lipinski definition) is 3. The molecular weight excluding hydrogens is 573 g/mol. The van der Waals surface area contributed by atoms with Gasteiger partial charge in [-0.05, 0) is 30.3 Å². The predicted octanol–water partition coefficient (Wildman–Crippen LogP) is 2.02. The number of aliphatic carboxylic acids is 1. The fourth-order valence-electron chi connectivity index (χ4n) is 4.07. The van der Waals surface area contributed by atoms with Crippen molar-refractivity contribution in [1.82, 2.24) is 10.2 Å². The molecule has 0 saturated carbocycles. The zero-order valence-electron chi connectivity index (χ0n) is 22.4. The standard InChI is InChI=1S/C23H30N4O6S.C2HF3O2/c1-31-21-6-4-18(16-22(21)32-2)34(29,30)25-19-15-17(23(28)27-11-13-33-14-12-27)3-5-20(19)26-9-7-24-8-10-26;3-2(4,5)1(6)7/h3-6,15-16,24-25H,7-14H2,1-2H3;(H,6,7). The van der Waals surface area contributed by atoms with E-state index >= 15 is 0 Å². The lowest BCUT2D eigenvalue weighted by molar-refractivity contribution is -0.192. The second-order valence-corrected chi connectivity index (χ2v) is 10.5. The van der Waals surface area contributed by atoms with E-state index in [9.17, 15) is 26.4 Å². The van der Waals surface area contributed by atoms with Crippen molar-refractivity contribution in [2.45, 2.75) is 11.1 Å². The van der Waals surface area contributed by atoms with Crippen molar-refractivity contribution in [3.8, 4) is 11.5 Å². The van der Waals surface area contributed by atoms with Crippen LogP contribution in [0.25, 0.3) is 0 Å². The van der Waals surface area contributed by atoms with Crippen molar-refractivity contribution in [2.24, 2.45) is 0 Å². The Kier molecular flexibility index (Phi) is 10.6. The van der Waals surface area contributed by atoms with Gasteiger partial charge in [-0.1, -0.05) is 0 Å². The zero-order valence-corrected chi connectivity index (χ0v) is 23.2. The molecule has 2 aliphatic heterocycles. The molecule has 0 atom stereocenters. The van der Waals surface area contributed by atoms with Crippen LogP contribution in [0, 0.1) is 0 Å². The molecule has 0 aromatic heterocycles. The lowest BCUT2D eigenvalue weighted by atomic mass is 10.1. The number of rotatable bonds is 7. The van der Waals surface area contributed by atoms with Gasteiger partial charge in [-0.15, -0.1) is 0 Å². The van der Waals surface area contributed by atoms with Crippen molar-refractivity contribution in [1.29, 1.82) is 0 Å². The highest BCUT2D eigenvalue weighted by molar-refractivity contribution is 7.92. The first kappa shape index (κ1) is 31.8. The molecule has 2 aliphatic rings. The molecule has 41 heavy (non-hydrogen) atoms. The molecule has 3 N–H and O–H groups in total. The average Bonchev–Trinajstić information content (AvgIpc) is 2.97. The number of amides is 1. The molecule has 2 aromatic carbocycles. The monoisotopic (exact) mass is 604 g/mol. The number of nitrogens with one attached hydrogen (secondary N) is 2. The van der Waals surface area contributed by atoms with Crippen LogP contribution in [0.1, 0.15) is 10.4 Å². The number of carboxylic acids is 1. The number of piperazine rings is 1. The number of sulfonamides is 1. The van der Waals surface area contributed by atoms with Crippen LogP contribution in [0.2, 0.25) is 0 Å². The summed E-state index contributed by atoms with van der Waals surface area (Å²) in [5, 5.41) is 10.4. The SMILES string of the molecule is COc1ccc(S(=O)(=O)Nc2cc(C(=O)N3CCOCC3)ccc2N2CCNCC2)cc1OC.O=C(O)C(F)(F)F. The van der Waals surface area contributed by atoms with E-state index in [2.05, 4.69) is 14.9 Å². The minimum absolute atomic E-state index is 0.0290. The molecule has 2 aromatic rings. The maximum Gasteiger partial charge on any atom is 0.490 e. The Labute approximate surface area is 235 Å². The highest BCUT2D eigenvalue weighted by atomic mass is 32.2. The summed E-state index contributed by atoms with van der Waals surface area (Å²) in [6, 6.07) is 9.59. The van der Waals surface area contributed by atoms with Crippen LogP contribution in [-0.2, 0) is 19.6 Å². The molecule has 16 heteroatoms. The quantitative estimate of drug-likeness (QED) is 0.429. The summed E-state index contributed by atoms with van der Waals surface area (Å²) in [5.74, 6) is -2.17. The molecule has 1 amide bonds. The average molecular weight is 605 g/mol. The summed E-state index contributed by atoms with van der Waals surface area (Å²) in [5.41, 5.74) is 1.51. The van der Waals surface area contributed by atoms with Crippen molar-refractivity contribution in [3.63, 3.8) is 0 Å². The van der Waals surface area contributed by atoms with E-state index in [1.807, 2.05) is 6.07 Å². The van der Waals surface area contributed by atoms with Crippen molar-refractivity contribution >= 4 is 33.3 Å². The third-order valence-electron chi connectivity index (χ3n) is 6.15. The van der Waals surface area contributed by atoms with Crippen LogP contribution >= 0.6 is 0 Å². The second-order valence-electron chi connectivity index (χ2n) is 8.80. The highest BCUT2D eigenvalue weighted by Crippen LogP contribution is 2.33. The van der Waals surface area contributed by atoms with Crippen LogP contribution in [0.4, 0.5) is 24.5 Å². The Bertz CT molecular complexity index is 1330. The molecule has 226 valence electrons. The zero-order chi connectivity index (χ0) is 30.2. The normalized spacial score (nSPS) is 15.8. The van der Waals surface area contributed by atoms with Crippen molar-refractivity contribution in [3.05, 3.63) is 42.0 Å². The van der Waals surface area contributed by atoms with Crippen LogP contribution in [0.5, 0.6) is 11.5 Å². The summed E-state index contributed by atoms with van der Waals surface area (Å²) in [4.78, 5) is 25.8. The predicted molar refractivity (Wildman–Crippen MR) is 142 cm³/mol. The molecule has 0 spiro atoms. The van der Waals surface area contributed by atoms with Gasteiger partial charge in [0.05, 0.1) is 43.7 Å². The number of nitrogens with zero attached hydrogens (tertiary/aromatic N) is 2. The van der Waals surface area contributed by atoms with Gasteiger partial charge >= 0.3 is 12.1 Å². The molecule has 4 rings (SSSR count). The van der Waals surface area contributed by atoms with Crippen LogP contribution < -0.4 is 24.4 Å². The first-order chi connectivity index (χ1) is 19.4. The van der Waals surface area contributed by atoms with E-state index in [1.54, 1.807) is 23.1 Å². The third-order valence-corrected chi connectivity index (χ3v) is 7.51. The number of halogens is 3. The third kappa shape index (κ3) is 8.37. The van der Waals surface area contributed by atoms with E-state index in [1.165, 1.54) is 26.4 Å². The molecule has 2 saturated heterocycles. The number of benzene rings is 2. The van der Waals surface area contributed by atoms with E-state index in [4.69, 9.17) is 24.1 Å². The van der Waals surface area contributed by atoms with Gasteiger partial charge in [-0.25, -0.2) is 13.2 Å². The maximum atomic E-state index is 13.3. The van der Waals surface area contributed by atoms with Crippen molar-refractivity contribution < 1.29 is 50.5 Å². The topological polar surface area (TPSA) is 147 Å². The summed E-state index contributed by atoms with van der Waals surface area (Å²) in [7, 11) is -1.04. The molecule has 0 unspecified atom stereocenters. The number of ether oxygens (including phenoxy) is 3. The maximum absolute atomic E-state index is 13.3. The van der Waals surface area contributed by atoms with Gasteiger partial charge in [0.25, 0.3) is 15.9 Å². The van der Waals surface area contributed by atoms with Crippen LogP contribution in [0.15, 0.2) is 41.3 Å². The van der Waals surface area contributed by atoms with Gasteiger partial charge in [-0.2, -0.15) is 13.2 Å². The van der Waals surface area contributed by atoms with Gasteiger partial charge in [0.15, 0.2) is 11.5 Å². The Morgan fingerprint density at radius 1 is 0.976 bits per heavy atom. The number of alkyl halides is 3.